The number of para-hydroxylation sites is 1. The fourth-order valence-electron chi connectivity index (χ4n) is 1.11. The van der Waals surface area contributed by atoms with E-state index in [0.717, 1.165) is 0 Å². The van der Waals surface area contributed by atoms with Crippen molar-refractivity contribution < 1.29 is 14.3 Å². The van der Waals surface area contributed by atoms with Crippen LogP contribution in [0.1, 0.15) is 10.4 Å². The predicted molar refractivity (Wildman–Crippen MR) is 64.2 cm³/mol. The van der Waals surface area contributed by atoms with E-state index in [0.29, 0.717) is 11.8 Å². The Morgan fingerprint density at radius 2 is 2.35 bits per heavy atom. The molecule has 88 valence electrons. The third-order valence-electron chi connectivity index (χ3n) is 1.86. The quantitative estimate of drug-likeness (QED) is 0.634. The summed E-state index contributed by atoms with van der Waals surface area (Å²) in [4.78, 5) is 22.0. The molecule has 1 aromatic rings. The van der Waals surface area contributed by atoms with Crippen LogP contribution in [0.4, 0.5) is 0 Å². The van der Waals surface area contributed by atoms with Crippen LogP contribution in [-0.4, -0.2) is 25.3 Å². The van der Waals surface area contributed by atoms with Crippen molar-refractivity contribution in [2.45, 2.75) is 0 Å². The summed E-state index contributed by atoms with van der Waals surface area (Å²) in [5.41, 5.74) is 0.294. The van der Waals surface area contributed by atoms with Gasteiger partial charge in [-0.3, -0.25) is 9.59 Å². The number of benzene rings is 1. The number of amides is 1. The van der Waals surface area contributed by atoms with Gasteiger partial charge in [0.25, 0.3) is 5.91 Å². The summed E-state index contributed by atoms with van der Waals surface area (Å²) in [5, 5.41) is 2.71. The number of aldehydes is 1. The monoisotopic (exact) mass is 251 g/mol. The van der Waals surface area contributed by atoms with Gasteiger partial charge in [-0.25, -0.2) is 0 Å². The zero-order chi connectivity index (χ0) is 12.7. The summed E-state index contributed by atoms with van der Waals surface area (Å²) < 4.78 is 5.17. The van der Waals surface area contributed by atoms with Gasteiger partial charge in [-0.1, -0.05) is 23.6 Å². The van der Waals surface area contributed by atoms with Gasteiger partial charge >= 0.3 is 0 Å². The number of rotatable bonds is 5. The van der Waals surface area contributed by atoms with Gasteiger partial charge in [-0.05, 0) is 12.1 Å². The van der Waals surface area contributed by atoms with Crippen molar-refractivity contribution in [3.63, 3.8) is 0 Å². The maximum absolute atomic E-state index is 11.2. The summed E-state index contributed by atoms with van der Waals surface area (Å²) in [6, 6.07) is 4.74. The van der Waals surface area contributed by atoms with Crippen LogP contribution in [0.5, 0.6) is 5.75 Å². The zero-order valence-electron chi connectivity index (χ0n) is 8.90. The molecule has 4 nitrogen and oxygen atoms in total. The highest BCUT2D eigenvalue weighted by Gasteiger charge is 2.09. The molecule has 0 saturated carbocycles. The van der Waals surface area contributed by atoms with Gasteiger partial charge in [0.2, 0.25) is 0 Å². The molecule has 0 aliphatic heterocycles. The minimum absolute atomic E-state index is 0.130. The average molecular weight is 252 g/mol. The van der Waals surface area contributed by atoms with E-state index in [1.54, 1.807) is 18.2 Å². The highest BCUT2D eigenvalue weighted by atomic mass is 35.5. The Labute approximate surface area is 104 Å². The molecule has 0 atom stereocenters. The standard InChI is InChI=1S/C12H10ClNO3/c1-2-6-14-11(16)8-17-12-9(7-15)4-3-5-10(12)13/h1,3-5,7H,6,8H2,(H,14,16). The summed E-state index contributed by atoms with van der Waals surface area (Å²) in [6.45, 7) is -0.114. The number of hydrogen-bond acceptors (Lipinski definition) is 3. The topological polar surface area (TPSA) is 55.4 Å². The first-order valence-electron chi connectivity index (χ1n) is 4.75. The van der Waals surface area contributed by atoms with E-state index in [1.165, 1.54) is 0 Å². The normalized spacial score (nSPS) is 9.18. The van der Waals surface area contributed by atoms with Crippen molar-refractivity contribution in [2.24, 2.45) is 0 Å². The number of terminal acetylenes is 1. The van der Waals surface area contributed by atoms with Crippen LogP contribution in [-0.2, 0) is 4.79 Å². The number of hydrogen-bond donors (Lipinski definition) is 1. The minimum Gasteiger partial charge on any atom is -0.481 e. The Morgan fingerprint density at radius 3 is 3.00 bits per heavy atom. The van der Waals surface area contributed by atoms with Gasteiger partial charge in [-0.2, -0.15) is 0 Å². The summed E-state index contributed by atoms with van der Waals surface area (Å²) in [6.07, 6.45) is 5.59. The average Bonchev–Trinajstić information content (AvgIpc) is 2.34. The van der Waals surface area contributed by atoms with Crippen molar-refractivity contribution in [1.82, 2.24) is 5.32 Å². The van der Waals surface area contributed by atoms with Crippen LogP contribution < -0.4 is 10.1 Å². The van der Waals surface area contributed by atoms with Crippen molar-refractivity contribution in [3.8, 4) is 18.1 Å². The molecule has 0 aromatic heterocycles. The summed E-state index contributed by atoms with van der Waals surface area (Å²) in [5.74, 6) is 2.08. The second kappa shape index (κ2) is 6.56. The van der Waals surface area contributed by atoms with Crippen molar-refractivity contribution in [2.75, 3.05) is 13.2 Å². The molecular weight excluding hydrogens is 242 g/mol. The lowest BCUT2D eigenvalue weighted by Gasteiger charge is -2.09. The molecule has 0 fully saturated rings. The van der Waals surface area contributed by atoms with Gasteiger partial charge < -0.3 is 10.1 Å². The number of nitrogens with one attached hydrogen (secondary N) is 1. The first-order chi connectivity index (χ1) is 8.19. The van der Waals surface area contributed by atoms with Crippen LogP contribution in [0.25, 0.3) is 0 Å². The van der Waals surface area contributed by atoms with Crippen LogP contribution in [0, 0.1) is 12.3 Å². The molecule has 1 amide bonds. The van der Waals surface area contributed by atoms with Crippen LogP contribution in [0.3, 0.4) is 0 Å². The number of halogens is 1. The first-order valence-corrected chi connectivity index (χ1v) is 5.13. The maximum Gasteiger partial charge on any atom is 0.258 e. The molecule has 0 heterocycles. The fraction of sp³-hybridized carbons (Fsp3) is 0.167. The Kier molecular flexibility index (Phi) is 5.05. The van der Waals surface area contributed by atoms with E-state index in [1.807, 2.05) is 0 Å². The van der Waals surface area contributed by atoms with Crippen LogP contribution >= 0.6 is 11.6 Å². The Balaban J connectivity index is 2.66. The molecule has 0 aliphatic rings. The van der Waals surface area contributed by atoms with E-state index in [9.17, 15) is 9.59 Å². The van der Waals surface area contributed by atoms with Gasteiger partial charge in [0.05, 0.1) is 17.1 Å². The molecule has 0 unspecified atom stereocenters. The first kappa shape index (κ1) is 13.1. The highest BCUT2D eigenvalue weighted by Crippen LogP contribution is 2.27. The van der Waals surface area contributed by atoms with Gasteiger partial charge in [0.15, 0.2) is 12.9 Å². The molecule has 1 rings (SSSR count). The van der Waals surface area contributed by atoms with Gasteiger partial charge in [-0.15, -0.1) is 6.42 Å². The molecule has 0 aliphatic carbocycles. The largest absolute Gasteiger partial charge is 0.481 e. The lowest BCUT2D eigenvalue weighted by molar-refractivity contribution is -0.122. The van der Waals surface area contributed by atoms with Crippen molar-refractivity contribution in [1.29, 1.82) is 0 Å². The molecule has 1 aromatic carbocycles. The van der Waals surface area contributed by atoms with Crippen molar-refractivity contribution >= 4 is 23.8 Å². The number of carbonyl (C=O) groups excluding carboxylic acids is 2. The van der Waals surface area contributed by atoms with E-state index < -0.39 is 0 Å². The van der Waals surface area contributed by atoms with Gasteiger partial charge in [0.1, 0.15) is 5.75 Å². The number of ether oxygens (including phenoxy) is 1. The Morgan fingerprint density at radius 1 is 1.59 bits per heavy atom. The minimum atomic E-state index is -0.375. The molecule has 0 spiro atoms. The lowest BCUT2D eigenvalue weighted by Crippen LogP contribution is -2.29. The molecule has 5 heteroatoms. The third-order valence-corrected chi connectivity index (χ3v) is 2.16. The number of carbonyl (C=O) groups is 2. The Hall–Kier alpha value is -1.99. The molecular formula is C12H10ClNO3. The Bertz CT molecular complexity index is 465. The fourth-order valence-corrected chi connectivity index (χ4v) is 1.35. The van der Waals surface area contributed by atoms with E-state index >= 15 is 0 Å². The van der Waals surface area contributed by atoms with E-state index in [2.05, 4.69) is 11.2 Å². The highest BCUT2D eigenvalue weighted by molar-refractivity contribution is 6.32. The lowest BCUT2D eigenvalue weighted by atomic mass is 10.2. The second-order valence-electron chi connectivity index (χ2n) is 3.05. The molecule has 1 N–H and O–H groups in total. The van der Waals surface area contributed by atoms with Crippen LogP contribution in [0.2, 0.25) is 5.02 Å². The molecule has 0 radical (unpaired) electrons. The van der Waals surface area contributed by atoms with Crippen LogP contribution in [0.15, 0.2) is 18.2 Å². The molecule has 0 bridgehead atoms. The second-order valence-corrected chi connectivity index (χ2v) is 3.45. The predicted octanol–water partition coefficient (Wildman–Crippen LogP) is 1.28. The smallest absolute Gasteiger partial charge is 0.258 e. The SMILES string of the molecule is C#CCNC(=O)COc1c(Cl)cccc1C=O. The van der Waals surface area contributed by atoms with Gasteiger partial charge in [0, 0.05) is 0 Å². The zero-order valence-corrected chi connectivity index (χ0v) is 9.66. The third kappa shape index (κ3) is 3.82. The summed E-state index contributed by atoms with van der Waals surface area (Å²) >= 11 is 5.85. The van der Waals surface area contributed by atoms with E-state index in [-0.39, 0.29) is 29.8 Å². The molecule has 0 saturated heterocycles. The van der Waals surface area contributed by atoms with Crippen molar-refractivity contribution in [3.05, 3.63) is 28.8 Å². The molecule has 17 heavy (non-hydrogen) atoms. The summed E-state index contributed by atoms with van der Waals surface area (Å²) in [7, 11) is 0. The van der Waals surface area contributed by atoms with E-state index in [4.69, 9.17) is 22.8 Å². The maximum atomic E-state index is 11.2.